The first-order valence-electron chi connectivity index (χ1n) is 7.88. The van der Waals surface area contributed by atoms with Crippen molar-refractivity contribution in [1.29, 1.82) is 0 Å². The molecule has 4 rings (SSSR count). The van der Waals surface area contributed by atoms with Gasteiger partial charge in [0.1, 0.15) is 0 Å². The zero-order valence-electron chi connectivity index (χ0n) is 13.5. The molecule has 0 unspecified atom stereocenters. The Bertz CT molecular complexity index is 1100. The van der Waals surface area contributed by atoms with Crippen molar-refractivity contribution in [3.63, 3.8) is 0 Å². The van der Waals surface area contributed by atoms with E-state index in [2.05, 4.69) is 20.8 Å². The molecule has 2 aromatic heterocycles. The predicted octanol–water partition coefficient (Wildman–Crippen LogP) is 1.40. The molecule has 1 saturated heterocycles. The third-order valence-corrected chi connectivity index (χ3v) is 9.26. The van der Waals surface area contributed by atoms with Gasteiger partial charge in [-0.1, -0.05) is 0 Å². The molecule has 2 N–H and O–H groups in total. The molecule has 0 saturated carbocycles. The Balaban J connectivity index is 1.84. The minimum absolute atomic E-state index is 0.0361. The van der Waals surface area contributed by atoms with Crippen LogP contribution in [0.5, 0.6) is 0 Å². The van der Waals surface area contributed by atoms with Crippen LogP contribution in [0.4, 0.5) is 0 Å². The molecule has 1 aliphatic heterocycles. The Morgan fingerprint density at radius 3 is 2.69 bits per heavy atom. The number of morpholine rings is 1. The summed E-state index contributed by atoms with van der Waals surface area (Å²) < 4.78 is 25.4. The number of ether oxygens (including phenoxy) is 1. The van der Waals surface area contributed by atoms with Crippen molar-refractivity contribution in [2.75, 3.05) is 26.3 Å². The third-order valence-electron chi connectivity index (χ3n) is 4.33. The van der Waals surface area contributed by atoms with Crippen molar-refractivity contribution < 1.29 is 23.5 Å². The molecule has 10 heteroatoms. The summed E-state index contributed by atoms with van der Waals surface area (Å²) in [5.74, 6) is 0. The predicted molar refractivity (Wildman–Crippen MR) is 102 cm³/mol. The Morgan fingerprint density at radius 1 is 1.27 bits per heavy atom. The second kappa shape index (κ2) is 7.00. The number of fused-ring (bicyclic) bond motifs is 3. The van der Waals surface area contributed by atoms with Crippen molar-refractivity contribution >= 4 is 63.9 Å². The summed E-state index contributed by atoms with van der Waals surface area (Å²) >= 11 is 3.64. The molecule has 1 aliphatic rings. The Hall–Kier alpha value is -0.761. The summed E-state index contributed by atoms with van der Waals surface area (Å²) in [4.78, 5) is 33.0. The summed E-state index contributed by atoms with van der Waals surface area (Å²) in [5.41, 5.74) is -0.564. The van der Waals surface area contributed by atoms with Gasteiger partial charge in [0.25, 0.3) is 0 Å². The molecule has 7 nitrogen and oxygen atoms in total. The van der Waals surface area contributed by atoms with Gasteiger partial charge in [0.15, 0.2) is 0 Å². The van der Waals surface area contributed by atoms with E-state index in [4.69, 9.17) is 9.15 Å². The van der Waals surface area contributed by atoms with Crippen LogP contribution in [0, 0.1) is 0 Å². The number of nitrogens with zero attached hydrogens (tertiary/aromatic N) is 1. The van der Waals surface area contributed by atoms with Crippen LogP contribution in [0.3, 0.4) is 0 Å². The maximum absolute atomic E-state index is 12.1. The molecule has 26 heavy (non-hydrogen) atoms. The zero-order chi connectivity index (χ0) is 18.5. The van der Waals surface area contributed by atoms with Gasteiger partial charge in [0.2, 0.25) is 0 Å². The van der Waals surface area contributed by atoms with Crippen LogP contribution < -0.4 is 10.9 Å². The fraction of sp³-hybridized carbons (Fsp3) is 0.312. The van der Waals surface area contributed by atoms with Crippen molar-refractivity contribution in [2.24, 2.45) is 0 Å². The van der Waals surface area contributed by atoms with Crippen LogP contribution in [0.2, 0.25) is 0 Å². The summed E-state index contributed by atoms with van der Waals surface area (Å²) in [6, 6.07) is 4.87. The topological polar surface area (TPSA) is 100 Å². The third kappa shape index (κ3) is 3.39. The van der Waals surface area contributed by atoms with Crippen LogP contribution in [0.15, 0.2) is 31.9 Å². The molecular weight excluding hydrogens is 492 g/mol. The van der Waals surface area contributed by atoms with Gasteiger partial charge in [-0.15, -0.1) is 0 Å². The van der Waals surface area contributed by atoms with E-state index in [-0.39, 0.29) is 14.5 Å². The average molecular weight is 507 g/mol. The van der Waals surface area contributed by atoms with Gasteiger partial charge in [0, 0.05) is 0 Å². The van der Waals surface area contributed by atoms with E-state index >= 15 is 0 Å². The second-order valence-electron chi connectivity index (χ2n) is 6.05. The molecule has 0 amide bonds. The van der Waals surface area contributed by atoms with Crippen molar-refractivity contribution in [2.45, 2.75) is 6.54 Å². The molecule has 3 heterocycles. The molecule has 0 aliphatic carbocycles. The number of rotatable bonds is 3. The van der Waals surface area contributed by atoms with Gasteiger partial charge in [-0.05, 0) is 0 Å². The van der Waals surface area contributed by atoms with Crippen LogP contribution in [0.1, 0.15) is 4.44 Å². The van der Waals surface area contributed by atoms with Crippen LogP contribution in [0.25, 0.3) is 20.6 Å². The number of hydrogen-bond acceptors (Lipinski definition) is 5. The van der Waals surface area contributed by atoms with Crippen LogP contribution in [-0.2, 0) is 15.8 Å². The summed E-state index contributed by atoms with van der Waals surface area (Å²) in [6.45, 7) is 4.06. The molecular formula is C16H15BrNO6PSe. The first kappa shape index (κ1) is 18.6. The maximum atomic E-state index is 12.1. The number of halogens is 1. The second-order valence-corrected chi connectivity index (χ2v) is 10.7. The van der Waals surface area contributed by atoms with E-state index in [9.17, 15) is 19.1 Å². The number of hydrogen-bond donors (Lipinski definition) is 2. The van der Waals surface area contributed by atoms with Gasteiger partial charge in [-0.25, -0.2) is 0 Å². The van der Waals surface area contributed by atoms with Crippen molar-refractivity contribution in [3.8, 4) is 0 Å². The standard InChI is InChI=1S/C16H15BrNO6PSe/c17-13-10-2-1-9-7-11(25(20,21)22)16(19)24-14(9)15(10)26-12(13)8-18-3-5-23-6-4-18/h1-2,7H,3-6,8H2,(H2,20,21,22). The van der Waals surface area contributed by atoms with Gasteiger partial charge in [-0.2, -0.15) is 0 Å². The van der Waals surface area contributed by atoms with E-state index in [0.717, 1.165) is 47.0 Å². The summed E-state index contributed by atoms with van der Waals surface area (Å²) in [6.07, 6.45) is 0. The molecule has 0 radical (unpaired) electrons. The first-order valence-corrected chi connectivity index (χ1v) is 12.0. The van der Waals surface area contributed by atoms with Crippen LogP contribution in [-0.4, -0.2) is 55.5 Å². The van der Waals surface area contributed by atoms with E-state index in [0.29, 0.717) is 11.0 Å². The molecule has 0 atom stereocenters. The van der Waals surface area contributed by atoms with Crippen molar-refractivity contribution in [1.82, 2.24) is 4.90 Å². The fourth-order valence-electron chi connectivity index (χ4n) is 3.01. The van der Waals surface area contributed by atoms with E-state index < -0.39 is 18.5 Å². The quantitative estimate of drug-likeness (QED) is 0.314. The first-order chi connectivity index (χ1) is 12.3. The molecule has 0 spiro atoms. The van der Waals surface area contributed by atoms with Crippen LogP contribution >= 0.6 is 23.5 Å². The van der Waals surface area contributed by atoms with Gasteiger partial charge in [-0.3, -0.25) is 0 Å². The summed E-state index contributed by atoms with van der Waals surface area (Å²) in [7, 11) is -4.67. The molecule has 1 fully saturated rings. The fourth-order valence-corrected chi connectivity index (χ4v) is 7.34. The van der Waals surface area contributed by atoms with E-state index in [1.54, 1.807) is 6.07 Å². The molecule has 138 valence electrons. The minimum atomic E-state index is -4.67. The van der Waals surface area contributed by atoms with E-state index in [1.165, 1.54) is 10.5 Å². The normalized spacial score (nSPS) is 16.6. The Labute approximate surface area is 162 Å². The Morgan fingerprint density at radius 2 is 2.00 bits per heavy atom. The monoisotopic (exact) mass is 507 g/mol. The van der Waals surface area contributed by atoms with Gasteiger partial charge in [0.05, 0.1) is 0 Å². The van der Waals surface area contributed by atoms with Crippen molar-refractivity contribution in [3.05, 3.63) is 37.5 Å². The van der Waals surface area contributed by atoms with Gasteiger partial charge >= 0.3 is 163 Å². The van der Waals surface area contributed by atoms with E-state index in [1.807, 2.05) is 6.07 Å². The number of benzene rings is 1. The molecule has 0 bridgehead atoms. The SMILES string of the molecule is O=c1oc2c(ccc3c(Br)c(CN4CCOCC4)[se]c32)cc1P(=O)(O)O. The summed E-state index contributed by atoms with van der Waals surface area (Å²) in [5, 5.41) is 0.903. The zero-order valence-corrected chi connectivity index (χ0v) is 17.7. The molecule has 1 aromatic carbocycles. The van der Waals surface area contributed by atoms with Gasteiger partial charge < -0.3 is 0 Å². The average Bonchev–Trinajstić information content (AvgIpc) is 2.91. The molecule has 3 aromatic rings. The Kier molecular flexibility index (Phi) is 5.01.